The van der Waals surface area contributed by atoms with Crippen LogP contribution in [-0.2, 0) is 6.42 Å². The van der Waals surface area contributed by atoms with Gasteiger partial charge in [0, 0.05) is 5.56 Å². The number of hydrogen-bond donors (Lipinski definition) is 0. The third-order valence-electron chi connectivity index (χ3n) is 3.97. The Hall–Kier alpha value is -3.38. The van der Waals surface area contributed by atoms with Gasteiger partial charge >= 0.3 is 0 Å². The number of aromatic nitrogens is 2. The second kappa shape index (κ2) is 7.46. The smallest absolute Gasteiger partial charge is 0.264 e. The molecule has 1 aromatic heterocycles. The molecule has 0 aliphatic carbocycles. The van der Waals surface area contributed by atoms with Gasteiger partial charge in [0.05, 0.1) is 12.0 Å². The van der Waals surface area contributed by atoms with Crippen LogP contribution in [0.15, 0.2) is 4.52 Å². The van der Waals surface area contributed by atoms with E-state index in [0.717, 1.165) is 6.92 Å². The number of Topliss-reactive ketones (excluding diaryl/α,β-unsaturated/α-hetero) is 1. The average Bonchev–Trinajstić information content (AvgIpc) is 3.15. The first kappa shape index (κ1) is 21.3. The normalized spacial score (nSPS) is 11.3. The van der Waals surface area contributed by atoms with Crippen LogP contribution in [0.25, 0.3) is 11.5 Å². The minimum atomic E-state index is -2.44. The summed E-state index contributed by atoms with van der Waals surface area (Å²) in [5.41, 5.74) is -4.07. The number of ketones is 1. The molecule has 1 heterocycles. The van der Waals surface area contributed by atoms with E-state index in [1.54, 1.807) is 0 Å². The summed E-state index contributed by atoms with van der Waals surface area (Å²) in [4.78, 5) is 15.3. The predicted molar refractivity (Wildman–Crippen MR) is 78.6 cm³/mol. The molecule has 0 fully saturated rings. The summed E-state index contributed by atoms with van der Waals surface area (Å²) >= 11 is 0. The Morgan fingerprint density at radius 2 is 1.23 bits per heavy atom. The molecule has 0 saturated carbocycles. The van der Waals surface area contributed by atoms with Crippen LogP contribution in [0, 0.1) is 59.3 Å². The maximum Gasteiger partial charge on any atom is 0.264 e. The van der Waals surface area contributed by atoms with Crippen LogP contribution in [0.3, 0.4) is 0 Å². The molecule has 158 valence electrons. The SMILES string of the molecule is Cc1c(F)c(F)c(F)c(C(=O)Cc2noc(-c3c(F)c(F)c(F)c(F)c3F)n2)c1F. The number of benzene rings is 2. The Morgan fingerprint density at radius 3 is 1.80 bits per heavy atom. The highest BCUT2D eigenvalue weighted by Crippen LogP contribution is 2.31. The second-order valence-electron chi connectivity index (χ2n) is 5.82. The minimum absolute atomic E-state index is 0.736. The van der Waals surface area contributed by atoms with E-state index in [-0.39, 0.29) is 0 Å². The third-order valence-corrected chi connectivity index (χ3v) is 3.97. The fraction of sp³-hybridized carbons (Fsp3) is 0.118. The van der Waals surface area contributed by atoms with Gasteiger partial charge in [0.1, 0.15) is 11.4 Å². The van der Waals surface area contributed by atoms with Crippen LogP contribution >= 0.6 is 0 Å². The van der Waals surface area contributed by atoms with Crippen LogP contribution in [0.1, 0.15) is 21.7 Å². The van der Waals surface area contributed by atoms with Gasteiger partial charge in [-0.15, -0.1) is 0 Å². The minimum Gasteiger partial charge on any atom is -0.334 e. The third kappa shape index (κ3) is 3.19. The van der Waals surface area contributed by atoms with Crippen molar-refractivity contribution in [1.29, 1.82) is 0 Å². The van der Waals surface area contributed by atoms with E-state index in [9.17, 15) is 44.3 Å². The number of carbonyl (C=O) groups excluding carboxylic acids is 1. The average molecular weight is 440 g/mol. The lowest BCUT2D eigenvalue weighted by molar-refractivity contribution is 0.0980. The summed E-state index contributed by atoms with van der Waals surface area (Å²) < 4.78 is 126. The van der Waals surface area contributed by atoms with Gasteiger partial charge in [-0.25, -0.2) is 39.5 Å². The van der Waals surface area contributed by atoms with Crippen molar-refractivity contribution < 1.29 is 48.8 Å². The maximum atomic E-state index is 14.0. The van der Waals surface area contributed by atoms with E-state index in [1.165, 1.54) is 0 Å². The van der Waals surface area contributed by atoms with Crippen molar-refractivity contribution >= 4 is 5.78 Å². The highest BCUT2D eigenvalue weighted by atomic mass is 19.2. The predicted octanol–water partition coefficient (Wildman–Crippen LogP) is 4.72. The monoisotopic (exact) mass is 440 g/mol. The molecule has 4 nitrogen and oxygen atoms in total. The van der Waals surface area contributed by atoms with Crippen LogP contribution < -0.4 is 0 Å². The van der Waals surface area contributed by atoms with E-state index in [0.29, 0.717) is 0 Å². The standard InChI is InChI=1S/C17H5F9N2O2/c1-3-8(18)6(10(20)13(23)9(3)19)4(29)2-5-27-17(30-28-5)7-11(21)14(24)16(26)15(25)12(7)22/h2H2,1H3. The topological polar surface area (TPSA) is 56.0 Å². The second-order valence-corrected chi connectivity index (χ2v) is 5.82. The molecule has 30 heavy (non-hydrogen) atoms. The molecule has 0 saturated heterocycles. The van der Waals surface area contributed by atoms with Gasteiger partial charge in [0.25, 0.3) is 5.89 Å². The Kier molecular flexibility index (Phi) is 5.31. The molecule has 3 rings (SSSR count). The maximum absolute atomic E-state index is 14.0. The molecule has 2 aromatic carbocycles. The molecule has 0 aliphatic heterocycles. The van der Waals surface area contributed by atoms with Crippen LogP contribution in [0.5, 0.6) is 0 Å². The van der Waals surface area contributed by atoms with E-state index in [2.05, 4.69) is 14.7 Å². The molecular weight excluding hydrogens is 435 g/mol. The molecule has 0 atom stereocenters. The van der Waals surface area contributed by atoms with Gasteiger partial charge in [-0.05, 0) is 6.92 Å². The van der Waals surface area contributed by atoms with Crippen molar-refractivity contribution in [2.75, 3.05) is 0 Å². The van der Waals surface area contributed by atoms with Crippen molar-refractivity contribution in [3.8, 4) is 11.5 Å². The molecule has 0 N–H and O–H groups in total. The summed E-state index contributed by atoms with van der Waals surface area (Å²) in [7, 11) is 0. The van der Waals surface area contributed by atoms with Gasteiger partial charge in [-0.3, -0.25) is 4.79 Å². The highest BCUT2D eigenvalue weighted by Gasteiger charge is 2.31. The lowest BCUT2D eigenvalue weighted by atomic mass is 10.0. The van der Waals surface area contributed by atoms with Crippen LogP contribution in [-0.4, -0.2) is 15.9 Å². The van der Waals surface area contributed by atoms with Gasteiger partial charge in [0.15, 0.2) is 52.3 Å². The van der Waals surface area contributed by atoms with Gasteiger partial charge in [-0.1, -0.05) is 5.16 Å². The Bertz CT molecular complexity index is 1150. The molecule has 3 aromatic rings. The number of hydrogen-bond acceptors (Lipinski definition) is 4. The summed E-state index contributed by atoms with van der Waals surface area (Å²) in [6, 6.07) is 0. The molecule has 0 radical (unpaired) electrons. The fourth-order valence-electron chi connectivity index (χ4n) is 2.45. The van der Waals surface area contributed by atoms with E-state index in [4.69, 9.17) is 0 Å². The molecule has 0 spiro atoms. The zero-order valence-electron chi connectivity index (χ0n) is 14.3. The highest BCUT2D eigenvalue weighted by molar-refractivity contribution is 5.98. The van der Waals surface area contributed by atoms with Gasteiger partial charge in [0.2, 0.25) is 5.82 Å². The lowest BCUT2D eigenvalue weighted by Gasteiger charge is -2.08. The number of halogens is 9. The molecule has 0 unspecified atom stereocenters. The van der Waals surface area contributed by atoms with Crippen molar-refractivity contribution in [3.63, 3.8) is 0 Å². The summed E-state index contributed by atoms with van der Waals surface area (Å²) in [6.07, 6.45) is -1.14. The zero-order valence-corrected chi connectivity index (χ0v) is 14.3. The molecule has 0 aliphatic rings. The zero-order chi connectivity index (χ0) is 22.5. The molecule has 0 amide bonds. The van der Waals surface area contributed by atoms with E-state index >= 15 is 0 Å². The van der Waals surface area contributed by atoms with Crippen LogP contribution in [0.4, 0.5) is 39.5 Å². The van der Waals surface area contributed by atoms with Crippen molar-refractivity contribution in [1.82, 2.24) is 10.1 Å². The van der Waals surface area contributed by atoms with E-state index in [1.807, 2.05) is 0 Å². The van der Waals surface area contributed by atoms with Crippen molar-refractivity contribution in [3.05, 3.63) is 69.3 Å². The van der Waals surface area contributed by atoms with Gasteiger partial charge in [-0.2, -0.15) is 4.98 Å². The summed E-state index contributed by atoms with van der Waals surface area (Å²) in [5, 5.41) is 3.05. The Balaban J connectivity index is 2.00. The van der Waals surface area contributed by atoms with Gasteiger partial charge < -0.3 is 4.52 Å². The largest absolute Gasteiger partial charge is 0.334 e. The summed E-state index contributed by atoms with van der Waals surface area (Å²) in [6.45, 7) is 0.736. The Morgan fingerprint density at radius 1 is 0.733 bits per heavy atom. The first-order chi connectivity index (χ1) is 14.0. The number of rotatable bonds is 4. The molecule has 0 bridgehead atoms. The number of nitrogens with zero attached hydrogens (tertiary/aromatic N) is 2. The van der Waals surface area contributed by atoms with Crippen molar-refractivity contribution in [2.45, 2.75) is 13.3 Å². The first-order valence-electron chi connectivity index (χ1n) is 7.67. The lowest BCUT2D eigenvalue weighted by Crippen LogP contribution is -2.14. The van der Waals surface area contributed by atoms with Crippen molar-refractivity contribution in [2.24, 2.45) is 0 Å². The van der Waals surface area contributed by atoms with Crippen LogP contribution in [0.2, 0.25) is 0 Å². The fourth-order valence-corrected chi connectivity index (χ4v) is 2.45. The first-order valence-corrected chi connectivity index (χ1v) is 7.67. The summed E-state index contributed by atoms with van der Waals surface area (Å²) in [5.74, 6) is -23.0. The Labute approximate surface area is 159 Å². The number of carbonyl (C=O) groups is 1. The molecular formula is C17H5F9N2O2. The quantitative estimate of drug-likeness (QED) is 0.255. The molecule has 13 heteroatoms. The van der Waals surface area contributed by atoms with E-state index < -0.39 is 93.0 Å².